The van der Waals surface area contributed by atoms with Crippen LogP contribution in [0.15, 0.2) is 23.4 Å². The molecule has 0 amide bonds. The molecule has 0 saturated carbocycles. The summed E-state index contributed by atoms with van der Waals surface area (Å²) in [6.45, 7) is 5.97. The predicted molar refractivity (Wildman–Crippen MR) is 59.3 cm³/mol. The summed E-state index contributed by atoms with van der Waals surface area (Å²) in [6.07, 6.45) is 0. The van der Waals surface area contributed by atoms with Crippen LogP contribution in [0.4, 0.5) is 4.39 Å². The van der Waals surface area contributed by atoms with Crippen LogP contribution in [-0.4, -0.2) is 10.4 Å². The highest BCUT2D eigenvalue weighted by Crippen LogP contribution is 2.24. The molecule has 0 atom stereocenters. The minimum absolute atomic E-state index is 0.104. The molecule has 0 fully saturated rings. The first-order chi connectivity index (χ1) is 6.86. The lowest BCUT2D eigenvalue weighted by Crippen LogP contribution is -2.12. The molecule has 4 heteroatoms. The molecule has 0 aromatic heterocycles. The Hall–Kier alpha value is -1.09. The van der Waals surface area contributed by atoms with Gasteiger partial charge in [0.1, 0.15) is 5.82 Å². The van der Waals surface area contributed by atoms with Crippen molar-refractivity contribution in [3.8, 4) is 0 Å². The van der Waals surface area contributed by atoms with Crippen LogP contribution >= 0.6 is 11.6 Å². The molecule has 0 bridgehead atoms. The van der Waals surface area contributed by atoms with Crippen LogP contribution in [-0.2, 0) is 5.41 Å². The number of benzene rings is 1. The van der Waals surface area contributed by atoms with Gasteiger partial charge in [-0.05, 0) is 23.1 Å². The van der Waals surface area contributed by atoms with Crippen molar-refractivity contribution in [3.05, 3.63) is 35.1 Å². The molecule has 0 saturated heterocycles. The van der Waals surface area contributed by atoms with Gasteiger partial charge in [0.15, 0.2) is 5.17 Å². The van der Waals surface area contributed by atoms with Crippen LogP contribution in [0.1, 0.15) is 31.9 Å². The van der Waals surface area contributed by atoms with E-state index in [1.165, 1.54) is 12.1 Å². The van der Waals surface area contributed by atoms with Gasteiger partial charge < -0.3 is 5.21 Å². The van der Waals surface area contributed by atoms with Crippen LogP contribution in [0.3, 0.4) is 0 Å². The molecule has 0 unspecified atom stereocenters. The third-order valence-electron chi connectivity index (χ3n) is 2.15. The Morgan fingerprint density at radius 2 is 2.00 bits per heavy atom. The van der Waals surface area contributed by atoms with Crippen LogP contribution in [0, 0.1) is 5.82 Å². The molecule has 0 aliphatic heterocycles. The van der Waals surface area contributed by atoms with E-state index in [-0.39, 0.29) is 16.1 Å². The number of halogens is 2. The molecular formula is C11H13ClFNO. The standard InChI is InChI=1S/C11H13ClFNO/c1-11(2,3)7-4-5-8(9(13)6-7)10(12)14-15/h4-6,15H,1-3H3/b14-10-. The second kappa shape index (κ2) is 4.19. The average Bonchev–Trinajstić information content (AvgIpc) is 2.15. The molecule has 1 aromatic rings. The van der Waals surface area contributed by atoms with E-state index >= 15 is 0 Å². The Balaban J connectivity index is 3.21. The van der Waals surface area contributed by atoms with Crippen molar-refractivity contribution in [2.24, 2.45) is 5.16 Å². The molecular weight excluding hydrogens is 217 g/mol. The lowest BCUT2D eigenvalue weighted by atomic mass is 9.86. The van der Waals surface area contributed by atoms with Crippen molar-refractivity contribution in [2.75, 3.05) is 0 Å². The fourth-order valence-electron chi connectivity index (χ4n) is 1.20. The molecule has 0 aliphatic carbocycles. The first kappa shape index (κ1) is 12.0. The van der Waals surface area contributed by atoms with Gasteiger partial charge in [-0.25, -0.2) is 4.39 Å². The topological polar surface area (TPSA) is 32.6 Å². The Labute approximate surface area is 93.4 Å². The van der Waals surface area contributed by atoms with E-state index in [0.717, 1.165) is 5.56 Å². The summed E-state index contributed by atoms with van der Waals surface area (Å²) in [4.78, 5) is 0. The zero-order chi connectivity index (χ0) is 11.6. The van der Waals surface area contributed by atoms with Gasteiger partial charge in [0, 0.05) is 0 Å². The van der Waals surface area contributed by atoms with Gasteiger partial charge in [-0.2, -0.15) is 0 Å². The number of oxime groups is 1. The highest BCUT2D eigenvalue weighted by Gasteiger charge is 2.16. The molecule has 0 radical (unpaired) electrons. The van der Waals surface area contributed by atoms with E-state index in [1.807, 2.05) is 20.8 Å². The van der Waals surface area contributed by atoms with Gasteiger partial charge in [-0.15, -0.1) is 0 Å². The van der Waals surface area contributed by atoms with Gasteiger partial charge in [0.2, 0.25) is 0 Å². The quantitative estimate of drug-likeness (QED) is 0.446. The fraction of sp³-hybridized carbons (Fsp3) is 0.364. The molecule has 1 rings (SSSR count). The van der Waals surface area contributed by atoms with Crippen molar-refractivity contribution in [2.45, 2.75) is 26.2 Å². The Kier molecular flexibility index (Phi) is 3.35. The minimum Gasteiger partial charge on any atom is -0.410 e. The predicted octanol–water partition coefficient (Wildman–Crippen LogP) is 3.50. The number of rotatable bonds is 1. The summed E-state index contributed by atoms with van der Waals surface area (Å²) >= 11 is 5.52. The molecule has 0 heterocycles. The van der Waals surface area contributed by atoms with E-state index < -0.39 is 5.82 Å². The van der Waals surface area contributed by atoms with E-state index in [1.54, 1.807) is 6.07 Å². The highest BCUT2D eigenvalue weighted by molar-refractivity contribution is 6.69. The van der Waals surface area contributed by atoms with E-state index in [9.17, 15) is 4.39 Å². The maximum Gasteiger partial charge on any atom is 0.178 e. The van der Waals surface area contributed by atoms with Gasteiger partial charge in [0.05, 0.1) is 5.56 Å². The molecule has 1 aromatic carbocycles. The van der Waals surface area contributed by atoms with Crippen LogP contribution in [0.5, 0.6) is 0 Å². The summed E-state index contributed by atoms with van der Waals surface area (Å²) in [6, 6.07) is 4.69. The van der Waals surface area contributed by atoms with E-state index in [0.29, 0.717) is 0 Å². The third kappa shape index (κ3) is 2.69. The van der Waals surface area contributed by atoms with Crippen molar-refractivity contribution in [3.63, 3.8) is 0 Å². The van der Waals surface area contributed by atoms with E-state index in [2.05, 4.69) is 5.16 Å². The molecule has 82 valence electrons. The van der Waals surface area contributed by atoms with Crippen molar-refractivity contribution in [1.29, 1.82) is 0 Å². The Morgan fingerprint density at radius 3 is 2.40 bits per heavy atom. The molecule has 1 N–H and O–H groups in total. The Bertz CT molecular complexity index is 396. The van der Waals surface area contributed by atoms with Crippen molar-refractivity contribution >= 4 is 16.8 Å². The maximum atomic E-state index is 13.5. The zero-order valence-corrected chi connectivity index (χ0v) is 9.64. The summed E-state index contributed by atoms with van der Waals surface area (Å²) in [5.41, 5.74) is 0.848. The first-order valence-electron chi connectivity index (χ1n) is 4.54. The van der Waals surface area contributed by atoms with E-state index in [4.69, 9.17) is 16.8 Å². The van der Waals surface area contributed by atoms with Crippen molar-refractivity contribution in [1.82, 2.24) is 0 Å². The minimum atomic E-state index is -0.481. The largest absolute Gasteiger partial charge is 0.410 e. The van der Waals surface area contributed by atoms with Gasteiger partial charge >= 0.3 is 0 Å². The van der Waals surface area contributed by atoms with Crippen LogP contribution in [0.25, 0.3) is 0 Å². The fourth-order valence-corrected chi connectivity index (χ4v) is 1.36. The number of hydrogen-bond acceptors (Lipinski definition) is 2. The lowest BCUT2D eigenvalue weighted by molar-refractivity contribution is 0.320. The van der Waals surface area contributed by atoms with Crippen LogP contribution < -0.4 is 0 Å². The summed E-state index contributed by atoms with van der Waals surface area (Å²) in [5, 5.41) is 10.9. The molecule has 15 heavy (non-hydrogen) atoms. The SMILES string of the molecule is CC(C)(C)c1ccc(/C(Cl)=N/O)c(F)c1. The smallest absolute Gasteiger partial charge is 0.178 e. The number of hydrogen-bond donors (Lipinski definition) is 1. The molecule has 0 aliphatic rings. The summed E-state index contributed by atoms with van der Waals surface area (Å²) in [7, 11) is 0. The number of nitrogens with zero attached hydrogens (tertiary/aromatic N) is 1. The first-order valence-corrected chi connectivity index (χ1v) is 4.92. The highest BCUT2D eigenvalue weighted by atomic mass is 35.5. The van der Waals surface area contributed by atoms with Gasteiger partial charge in [-0.1, -0.05) is 43.6 Å². The normalized spacial score (nSPS) is 13.0. The summed E-state index contributed by atoms with van der Waals surface area (Å²) < 4.78 is 13.5. The monoisotopic (exact) mass is 229 g/mol. The second-order valence-electron chi connectivity index (χ2n) is 4.34. The average molecular weight is 230 g/mol. The molecule has 2 nitrogen and oxygen atoms in total. The lowest BCUT2D eigenvalue weighted by Gasteiger charge is -2.19. The third-order valence-corrected chi connectivity index (χ3v) is 2.42. The second-order valence-corrected chi connectivity index (χ2v) is 4.69. The Morgan fingerprint density at radius 1 is 1.40 bits per heavy atom. The van der Waals surface area contributed by atoms with Crippen LogP contribution in [0.2, 0.25) is 0 Å². The van der Waals surface area contributed by atoms with Gasteiger partial charge in [-0.3, -0.25) is 0 Å². The summed E-state index contributed by atoms with van der Waals surface area (Å²) in [5.74, 6) is -0.481. The van der Waals surface area contributed by atoms with Gasteiger partial charge in [0.25, 0.3) is 0 Å². The maximum absolute atomic E-state index is 13.5. The molecule has 0 spiro atoms. The van der Waals surface area contributed by atoms with Crippen molar-refractivity contribution < 1.29 is 9.60 Å². The zero-order valence-electron chi connectivity index (χ0n) is 8.88.